The van der Waals surface area contributed by atoms with Crippen LogP contribution in [0.25, 0.3) is 0 Å². The van der Waals surface area contributed by atoms with Crippen LogP contribution >= 0.6 is 0 Å². The van der Waals surface area contributed by atoms with Gasteiger partial charge in [0.15, 0.2) is 0 Å². The molecule has 0 saturated heterocycles. The predicted molar refractivity (Wildman–Crippen MR) is 91.0 cm³/mol. The van der Waals surface area contributed by atoms with Crippen LogP contribution in [-0.2, 0) is 17.1 Å². The molecule has 1 amide bonds. The van der Waals surface area contributed by atoms with Crippen molar-refractivity contribution in [3.8, 4) is 0 Å². The van der Waals surface area contributed by atoms with Gasteiger partial charge in [-0.3, -0.25) is 9.48 Å². The minimum absolute atomic E-state index is 0.0266. The van der Waals surface area contributed by atoms with Crippen molar-refractivity contribution in [2.24, 2.45) is 12.2 Å². The summed E-state index contributed by atoms with van der Waals surface area (Å²) in [7, 11) is -2.09. The maximum absolute atomic E-state index is 12.6. The maximum Gasteiger partial charge on any atom is 0.251 e. The lowest BCUT2D eigenvalue weighted by Gasteiger charge is -2.18. The molecule has 8 heteroatoms. The maximum atomic E-state index is 12.6. The first-order chi connectivity index (χ1) is 11.1. The van der Waals surface area contributed by atoms with Crippen molar-refractivity contribution < 1.29 is 13.2 Å². The summed E-state index contributed by atoms with van der Waals surface area (Å²) in [4.78, 5) is 12.6. The number of sulfonamides is 1. The number of hydrogen-bond donors (Lipinski definition) is 2. The van der Waals surface area contributed by atoms with E-state index in [1.807, 2.05) is 13.0 Å². The molecule has 0 aliphatic carbocycles. The molecule has 2 aromatic rings. The van der Waals surface area contributed by atoms with Gasteiger partial charge in [-0.1, -0.05) is 6.92 Å². The van der Waals surface area contributed by atoms with Crippen LogP contribution in [0.4, 0.5) is 0 Å². The van der Waals surface area contributed by atoms with Gasteiger partial charge in [0, 0.05) is 18.8 Å². The Balaban J connectivity index is 2.36. The summed E-state index contributed by atoms with van der Waals surface area (Å²) >= 11 is 0. The molecular formula is C16H22N4O3S. The number of hydrogen-bond acceptors (Lipinski definition) is 4. The highest BCUT2D eigenvalue weighted by Crippen LogP contribution is 2.21. The van der Waals surface area contributed by atoms with Crippen molar-refractivity contribution in [2.75, 3.05) is 0 Å². The number of rotatable bonds is 5. The summed E-state index contributed by atoms with van der Waals surface area (Å²) in [5, 5.41) is 12.3. The van der Waals surface area contributed by atoms with Crippen molar-refractivity contribution >= 4 is 15.9 Å². The summed E-state index contributed by atoms with van der Waals surface area (Å²) in [5.41, 5.74) is 2.39. The second-order valence-corrected chi connectivity index (χ2v) is 7.31. The van der Waals surface area contributed by atoms with Crippen LogP contribution in [0.2, 0.25) is 0 Å². The third-order valence-corrected chi connectivity index (χ3v) is 5.15. The molecular weight excluding hydrogens is 328 g/mol. The summed E-state index contributed by atoms with van der Waals surface area (Å²) in [5.74, 6) is -0.351. The summed E-state index contributed by atoms with van der Waals surface area (Å²) in [6.45, 7) is 5.37. The predicted octanol–water partition coefficient (Wildman–Crippen LogP) is 1.57. The lowest BCUT2D eigenvalue weighted by atomic mass is 10.0. The first kappa shape index (κ1) is 18.2. The van der Waals surface area contributed by atoms with E-state index in [0.717, 1.165) is 5.69 Å². The van der Waals surface area contributed by atoms with Crippen LogP contribution in [-0.4, -0.2) is 24.1 Å². The van der Waals surface area contributed by atoms with E-state index < -0.39 is 10.0 Å². The van der Waals surface area contributed by atoms with Crippen LogP contribution < -0.4 is 10.5 Å². The van der Waals surface area contributed by atoms with E-state index >= 15 is 0 Å². The van der Waals surface area contributed by atoms with Gasteiger partial charge in [-0.05, 0) is 49.6 Å². The quantitative estimate of drug-likeness (QED) is 0.853. The number of benzene rings is 1. The average molecular weight is 350 g/mol. The van der Waals surface area contributed by atoms with E-state index in [0.29, 0.717) is 17.5 Å². The summed E-state index contributed by atoms with van der Waals surface area (Å²) < 4.78 is 25.1. The van der Waals surface area contributed by atoms with E-state index in [1.165, 1.54) is 6.07 Å². The van der Waals surface area contributed by atoms with Crippen LogP contribution in [0.1, 0.15) is 46.6 Å². The average Bonchev–Trinajstić information content (AvgIpc) is 2.92. The Morgan fingerprint density at radius 3 is 2.54 bits per heavy atom. The fraction of sp³-hybridized carbons (Fsp3) is 0.375. The number of carbonyl (C=O) groups is 1. The van der Waals surface area contributed by atoms with Crippen LogP contribution in [0, 0.1) is 13.8 Å². The molecule has 0 saturated carbocycles. The number of amides is 1. The van der Waals surface area contributed by atoms with Crippen molar-refractivity contribution in [3.05, 3.63) is 46.8 Å². The molecule has 7 nitrogen and oxygen atoms in total. The van der Waals surface area contributed by atoms with Gasteiger partial charge >= 0.3 is 0 Å². The van der Waals surface area contributed by atoms with E-state index in [1.54, 1.807) is 37.8 Å². The van der Waals surface area contributed by atoms with Gasteiger partial charge in [0.1, 0.15) is 0 Å². The zero-order chi connectivity index (χ0) is 18.1. The van der Waals surface area contributed by atoms with E-state index in [-0.39, 0.29) is 22.4 Å². The highest BCUT2D eigenvalue weighted by molar-refractivity contribution is 7.89. The number of primary sulfonamides is 1. The third kappa shape index (κ3) is 3.65. The fourth-order valence-electron chi connectivity index (χ4n) is 2.61. The Kier molecular flexibility index (Phi) is 5.10. The van der Waals surface area contributed by atoms with Gasteiger partial charge < -0.3 is 5.32 Å². The number of nitrogens with two attached hydrogens (primary N) is 1. The molecule has 1 aromatic carbocycles. The standard InChI is InChI=1S/C16H22N4O3S/c1-5-13(14-6-7-18-20(14)4)19-16(21)12-8-10(2)11(3)15(9-12)24(17,22)23/h6-9,13H,5H2,1-4H3,(H,19,21)(H2,17,22,23)/t13-/m0/s1. The van der Waals surface area contributed by atoms with Crippen molar-refractivity contribution in [1.29, 1.82) is 0 Å². The Hall–Kier alpha value is -2.19. The van der Waals surface area contributed by atoms with E-state index in [2.05, 4.69) is 10.4 Å². The molecule has 1 atom stereocenters. The van der Waals surface area contributed by atoms with E-state index in [4.69, 9.17) is 5.14 Å². The highest BCUT2D eigenvalue weighted by Gasteiger charge is 2.20. The molecule has 0 aliphatic rings. The highest BCUT2D eigenvalue weighted by atomic mass is 32.2. The van der Waals surface area contributed by atoms with Crippen LogP contribution in [0.3, 0.4) is 0 Å². The number of carbonyl (C=O) groups excluding carboxylic acids is 1. The minimum Gasteiger partial charge on any atom is -0.344 e. The second-order valence-electron chi connectivity index (χ2n) is 5.78. The molecule has 0 radical (unpaired) electrons. The number of aryl methyl sites for hydroxylation is 2. The zero-order valence-electron chi connectivity index (χ0n) is 14.2. The smallest absolute Gasteiger partial charge is 0.251 e. The molecule has 0 aliphatic heterocycles. The second kappa shape index (κ2) is 6.74. The first-order valence-electron chi connectivity index (χ1n) is 7.58. The van der Waals surface area contributed by atoms with Gasteiger partial charge in [-0.25, -0.2) is 13.6 Å². The minimum atomic E-state index is -3.89. The molecule has 0 bridgehead atoms. The van der Waals surface area contributed by atoms with Gasteiger partial charge in [0.25, 0.3) is 5.91 Å². The van der Waals surface area contributed by atoms with Crippen molar-refractivity contribution in [3.63, 3.8) is 0 Å². The molecule has 3 N–H and O–H groups in total. The molecule has 130 valence electrons. The molecule has 1 heterocycles. The first-order valence-corrected chi connectivity index (χ1v) is 9.12. The largest absolute Gasteiger partial charge is 0.344 e. The Morgan fingerprint density at radius 1 is 1.38 bits per heavy atom. The van der Waals surface area contributed by atoms with Gasteiger partial charge in [0.2, 0.25) is 10.0 Å². The molecule has 0 unspecified atom stereocenters. The van der Waals surface area contributed by atoms with Crippen LogP contribution in [0.15, 0.2) is 29.3 Å². The number of nitrogens with zero attached hydrogens (tertiary/aromatic N) is 2. The van der Waals surface area contributed by atoms with Gasteiger partial charge in [-0.15, -0.1) is 0 Å². The molecule has 1 aromatic heterocycles. The number of aromatic nitrogens is 2. The van der Waals surface area contributed by atoms with Crippen molar-refractivity contribution in [1.82, 2.24) is 15.1 Å². The Labute approximate surface area is 141 Å². The Morgan fingerprint density at radius 2 is 2.04 bits per heavy atom. The van der Waals surface area contributed by atoms with Gasteiger partial charge in [-0.2, -0.15) is 5.10 Å². The topological polar surface area (TPSA) is 107 Å². The Bertz CT molecular complexity index is 871. The lowest BCUT2D eigenvalue weighted by molar-refractivity contribution is 0.0933. The summed E-state index contributed by atoms with van der Waals surface area (Å²) in [6.07, 6.45) is 2.34. The molecule has 24 heavy (non-hydrogen) atoms. The fourth-order valence-corrected chi connectivity index (χ4v) is 3.49. The monoisotopic (exact) mass is 350 g/mol. The van der Waals surface area contributed by atoms with E-state index in [9.17, 15) is 13.2 Å². The van der Waals surface area contributed by atoms with Crippen LogP contribution in [0.5, 0.6) is 0 Å². The third-order valence-electron chi connectivity index (χ3n) is 4.12. The lowest BCUT2D eigenvalue weighted by Crippen LogP contribution is -2.30. The zero-order valence-corrected chi connectivity index (χ0v) is 15.0. The normalized spacial score (nSPS) is 12.9. The molecule has 0 spiro atoms. The molecule has 2 rings (SSSR count). The SMILES string of the molecule is CC[C@H](NC(=O)c1cc(C)c(C)c(S(N)(=O)=O)c1)c1ccnn1C. The summed E-state index contributed by atoms with van der Waals surface area (Å²) in [6, 6.07) is 4.60. The molecule has 0 fully saturated rings. The van der Waals surface area contributed by atoms with Gasteiger partial charge in [0.05, 0.1) is 16.6 Å². The number of nitrogens with one attached hydrogen (secondary N) is 1. The van der Waals surface area contributed by atoms with Crippen molar-refractivity contribution in [2.45, 2.75) is 38.1 Å².